The maximum atomic E-state index is 12.0. The molecule has 0 aliphatic heterocycles. The molecule has 0 spiro atoms. The Balaban J connectivity index is 2.14. The van der Waals surface area contributed by atoms with Gasteiger partial charge in [-0.05, 0) is 18.1 Å². The second-order valence-electron chi connectivity index (χ2n) is 4.55. The van der Waals surface area contributed by atoms with Crippen molar-refractivity contribution < 1.29 is 4.79 Å². The molecular formula is C14H15BrN2OS. The molecule has 1 heterocycles. The number of anilines is 1. The van der Waals surface area contributed by atoms with Gasteiger partial charge in [0.2, 0.25) is 5.91 Å². The smallest absolute Gasteiger partial charge is 0.238 e. The van der Waals surface area contributed by atoms with Crippen LogP contribution in [0.25, 0.3) is 10.6 Å². The highest BCUT2D eigenvalue weighted by Crippen LogP contribution is 2.25. The minimum Gasteiger partial charge on any atom is -0.325 e. The highest BCUT2D eigenvalue weighted by atomic mass is 79.9. The van der Waals surface area contributed by atoms with Crippen LogP contribution in [-0.4, -0.2) is 15.7 Å². The number of nitrogens with zero attached hydrogens (tertiary/aromatic N) is 1. The zero-order valence-electron chi connectivity index (χ0n) is 10.8. The van der Waals surface area contributed by atoms with Gasteiger partial charge in [0, 0.05) is 22.8 Å². The van der Waals surface area contributed by atoms with Gasteiger partial charge in [0.05, 0.1) is 4.83 Å². The molecule has 0 fully saturated rings. The Morgan fingerprint density at radius 3 is 2.84 bits per heavy atom. The van der Waals surface area contributed by atoms with Crippen LogP contribution >= 0.6 is 27.3 Å². The van der Waals surface area contributed by atoms with Crippen molar-refractivity contribution in [2.75, 3.05) is 5.32 Å². The lowest BCUT2D eigenvalue weighted by atomic mass is 10.1. The molecule has 1 aromatic carbocycles. The molecule has 0 bridgehead atoms. The number of benzene rings is 1. The van der Waals surface area contributed by atoms with E-state index >= 15 is 0 Å². The van der Waals surface area contributed by atoms with Crippen LogP contribution in [0.5, 0.6) is 0 Å². The lowest BCUT2D eigenvalue weighted by molar-refractivity contribution is -0.116. The third-order valence-corrected chi connectivity index (χ3v) is 4.94. The maximum absolute atomic E-state index is 12.0. The molecule has 1 unspecified atom stereocenters. The Bertz CT molecular complexity index is 554. The zero-order chi connectivity index (χ0) is 13.8. The predicted octanol–water partition coefficient (Wildman–Crippen LogP) is 4.17. The quantitative estimate of drug-likeness (QED) is 0.850. The van der Waals surface area contributed by atoms with Gasteiger partial charge >= 0.3 is 0 Å². The molecule has 3 nitrogen and oxygen atoms in total. The van der Waals surface area contributed by atoms with E-state index in [0.717, 1.165) is 16.3 Å². The molecule has 0 saturated carbocycles. The van der Waals surface area contributed by atoms with Crippen LogP contribution in [0, 0.1) is 5.92 Å². The first kappa shape index (κ1) is 14.2. The highest BCUT2D eigenvalue weighted by molar-refractivity contribution is 9.10. The summed E-state index contributed by atoms with van der Waals surface area (Å²) in [7, 11) is 0. The summed E-state index contributed by atoms with van der Waals surface area (Å²) in [4.78, 5) is 16.1. The first-order valence-electron chi connectivity index (χ1n) is 6.03. The Morgan fingerprint density at radius 2 is 2.21 bits per heavy atom. The van der Waals surface area contributed by atoms with Gasteiger partial charge in [0.15, 0.2) is 0 Å². The number of nitrogens with one attached hydrogen (secondary N) is 1. The van der Waals surface area contributed by atoms with Gasteiger partial charge in [-0.15, -0.1) is 11.3 Å². The average Bonchev–Trinajstić information content (AvgIpc) is 2.91. The molecule has 5 heteroatoms. The molecule has 0 radical (unpaired) electrons. The van der Waals surface area contributed by atoms with Crippen molar-refractivity contribution >= 4 is 38.9 Å². The van der Waals surface area contributed by atoms with Crippen LogP contribution in [0.4, 0.5) is 5.69 Å². The zero-order valence-corrected chi connectivity index (χ0v) is 13.2. The number of amides is 1. The maximum Gasteiger partial charge on any atom is 0.238 e. The predicted molar refractivity (Wildman–Crippen MR) is 83.7 cm³/mol. The third kappa shape index (κ3) is 3.64. The average molecular weight is 339 g/mol. The number of hydrogen-bond acceptors (Lipinski definition) is 3. The summed E-state index contributed by atoms with van der Waals surface area (Å²) >= 11 is 4.98. The van der Waals surface area contributed by atoms with E-state index in [1.807, 2.05) is 43.5 Å². The van der Waals surface area contributed by atoms with Gasteiger partial charge < -0.3 is 5.32 Å². The van der Waals surface area contributed by atoms with E-state index in [-0.39, 0.29) is 16.7 Å². The Labute approximate surface area is 125 Å². The van der Waals surface area contributed by atoms with Gasteiger partial charge in [-0.3, -0.25) is 4.79 Å². The number of thiazole rings is 1. The molecule has 1 aromatic heterocycles. The topological polar surface area (TPSA) is 42.0 Å². The summed E-state index contributed by atoms with van der Waals surface area (Å²) < 4.78 is 0. The lowest BCUT2D eigenvalue weighted by Gasteiger charge is -2.14. The van der Waals surface area contributed by atoms with Gasteiger partial charge in [0.25, 0.3) is 0 Å². The van der Waals surface area contributed by atoms with Crippen LogP contribution in [0.1, 0.15) is 13.8 Å². The highest BCUT2D eigenvalue weighted by Gasteiger charge is 2.18. The number of hydrogen-bond donors (Lipinski definition) is 1. The summed E-state index contributed by atoms with van der Waals surface area (Å²) in [6.07, 6.45) is 1.78. The van der Waals surface area contributed by atoms with Crippen molar-refractivity contribution in [1.29, 1.82) is 0 Å². The van der Waals surface area contributed by atoms with E-state index in [0.29, 0.717) is 0 Å². The van der Waals surface area contributed by atoms with Crippen molar-refractivity contribution in [3.8, 4) is 10.6 Å². The van der Waals surface area contributed by atoms with Crippen LogP contribution in [0.2, 0.25) is 0 Å². The fraction of sp³-hybridized carbons (Fsp3) is 0.286. The summed E-state index contributed by atoms with van der Waals surface area (Å²) in [5.74, 6) is 0.230. The Kier molecular flexibility index (Phi) is 4.71. The fourth-order valence-electron chi connectivity index (χ4n) is 1.61. The second-order valence-corrected chi connectivity index (χ2v) is 6.43. The molecule has 0 saturated heterocycles. The van der Waals surface area contributed by atoms with Crippen LogP contribution < -0.4 is 5.32 Å². The normalized spacial score (nSPS) is 12.4. The van der Waals surface area contributed by atoms with Crippen molar-refractivity contribution in [2.45, 2.75) is 18.7 Å². The van der Waals surface area contributed by atoms with Crippen molar-refractivity contribution in [3.63, 3.8) is 0 Å². The van der Waals surface area contributed by atoms with E-state index < -0.39 is 0 Å². The molecule has 1 N–H and O–H groups in total. The van der Waals surface area contributed by atoms with E-state index in [9.17, 15) is 4.79 Å². The lowest BCUT2D eigenvalue weighted by Crippen LogP contribution is -2.26. The number of rotatable bonds is 4. The SMILES string of the molecule is CC(C)C(Br)C(=O)Nc1cccc(-c2nccs2)c1. The van der Waals surface area contributed by atoms with E-state index in [1.165, 1.54) is 0 Å². The fourth-order valence-corrected chi connectivity index (χ4v) is 2.36. The number of carbonyl (C=O) groups excluding carboxylic acids is 1. The molecular weight excluding hydrogens is 324 g/mol. The van der Waals surface area contributed by atoms with E-state index in [1.54, 1.807) is 17.5 Å². The van der Waals surface area contributed by atoms with Gasteiger partial charge in [-0.1, -0.05) is 41.9 Å². The second kappa shape index (κ2) is 6.30. The minimum atomic E-state index is -0.184. The van der Waals surface area contributed by atoms with E-state index in [2.05, 4.69) is 26.2 Å². The third-order valence-electron chi connectivity index (χ3n) is 2.65. The van der Waals surface area contributed by atoms with Crippen molar-refractivity contribution in [2.24, 2.45) is 5.92 Å². The van der Waals surface area contributed by atoms with Crippen molar-refractivity contribution in [3.05, 3.63) is 35.8 Å². The molecule has 2 aromatic rings. The Hall–Kier alpha value is -1.20. The first-order valence-corrected chi connectivity index (χ1v) is 7.82. The number of carbonyl (C=O) groups is 1. The molecule has 2 rings (SSSR count). The van der Waals surface area contributed by atoms with Gasteiger partial charge in [-0.2, -0.15) is 0 Å². The van der Waals surface area contributed by atoms with Gasteiger partial charge in [-0.25, -0.2) is 4.98 Å². The van der Waals surface area contributed by atoms with E-state index in [4.69, 9.17) is 0 Å². The number of aromatic nitrogens is 1. The minimum absolute atomic E-state index is 0.0220. The molecule has 100 valence electrons. The molecule has 0 aliphatic rings. The summed E-state index contributed by atoms with van der Waals surface area (Å²) in [6.45, 7) is 4.01. The molecule has 1 amide bonds. The number of halogens is 1. The molecule has 0 aliphatic carbocycles. The van der Waals surface area contributed by atoms with Crippen LogP contribution in [0.15, 0.2) is 35.8 Å². The molecule has 1 atom stereocenters. The standard InChI is InChI=1S/C14H15BrN2OS/c1-9(2)12(15)13(18)17-11-5-3-4-10(8-11)14-16-6-7-19-14/h3-9,12H,1-2H3,(H,17,18). The summed E-state index contributed by atoms with van der Waals surface area (Å²) in [5, 5.41) is 5.81. The van der Waals surface area contributed by atoms with Gasteiger partial charge in [0.1, 0.15) is 5.01 Å². The van der Waals surface area contributed by atoms with Crippen molar-refractivity contribution in [1.82, 2.24) is 4.98 Å². The first-order chi connectivity index (χ1) is 9.08. The Morgan fingerprint density at radius 1 is 1.42 bits per heavy atom. The monoisotopic (exact) mass is 338 g/mol. The molecule has 19 heavy (non-hydrogen) atoms. The van der Waals surface area contributed by atoms with Crippen LogP contribution in [0.3, 0.4) is 0 Å². The summed E-state index contributed by atoms with van der Waals surface area (Å²) in [5.41, 5.74) is 1.81. The summed E-state index contributed by atoms with van der Waals surface area (Å²) in [6, 6.07) is 7.74. The number of alkyl halides is 1. The largest absolute Gasteiger partial charge is 0.325 e. The van der Waals surface area contributed by atoms with Crippen LogP contribution in [-0.2, 0) is 4.79 Å².